The van der Waals surface area contributed by atoms with E-state index in [0.717, 1.165) is 30.6 Å². The smallest absolute Gasteiger partial charge is 0.258 e. The Labute approximate surface area is 171 Å². The molecule has 6 nitrogen and oxygen atoms in total. The van der Waals surface area contributed by atoms with Gasteiger partial charge in [-0.2, -0.15) is 0 Å². The Hall–Kier alpha value is -2.99. The molecule has 29 heavy (non-hydrogen) atoms. The number of rotatable bonds is 8. The number of amides is 1. The van der Waals surface area contributed by atoms with Gasteiger partial charge in [0.15, 0.2) is 0 Å². The van der Waals surface area contributed by atoms with Crippen molar-refractivity contribution in [3.63, 3.8) is 0 Å². The normalized spacial score (nSPS) is 11.2. The van der Waals surface area contributed by atoms with Gasteiger partial charge in [0.2, 0.25) is 5.91 Å². The number of nitrogens with zero attached hydrogens (tertiary/aromatic N) is 2. The van der Waals surface area contributed by atoms with Crippen LogP contribution in [0.3, 0.4) is 0 Å². The third-order valence-electron chi connectivity index (χ3n) is 5.02. The molecule has 0 spiro atoms. The van der Waals surface area contributed by atoms with Crippen LogP contribution < -0.4 is 10.9 Å². The van der Waals surface area contributed by atoms with Crippen molar-refractivity contribution >= 4 is 22.5 Å². The van der Waals surface area contributed by atoms with E-state index in [1.807, 2.05) is 55.1 Å². The lowest BCUT2D eigenvalue weighted by Gasteiger charge is -2.21. The summed E-state index contributed by atoms with van der Waals surface area (Å²) in [5.74, 6) is 0.497. The number of unbranched alkanes of at least 4 members (excludes halogenated alkanes) is 1. The monoisotopic (exact) mass is 392 g/mol. The molecule has 0 fully saturated rings. The topological polar surface area (TPSA) is 78.1 Å². The number of hydrogen-bond acceptors (Lipinski definition) is 4. The molecule has 1 heterocycles. The summed E-state index contributed by atoms with van der Waals surface area (Å²) in [6.45, 7) is 7.60. The fraction of sp³-hybridized carbons (Fsp3) is 0.348. The number of nitrogens with one attached hydrogen (secondary N) is 2. The van der Waals surface area contributed by atoms with Crippen molar-refractivity contribution in [1.29, 1.82) is 0 Å². The van der Waals surface area contributed by atoms with E-state index in [0.29, 0.717) is 23.3 Å². The minimum Gasteiger partial charge on any atom is -0.325 e. The van der Waals surface area contributed by atoms with Gasteiger partial charge in [0.1, 0.15) is 5.82 Å². The first-order valence-corrected chi connectivity index (χ1v) is 10.0. The number of H-pyrrole nitrogens is 1. The number of aryl methyl sites for hydroxylation is 2. The number of para-hydroxylation sites is 1. The second-order valence-corrected chi connectivity index (χ2v) is 7.44. The van der Waals surface area contributed by atoms with Crippen LogP contribution >= 0.6 is 0 Å². The third kappa shape index (κ3) is 5.51. The molecule has 0 aliphatic heterocycles. The Morgan fingerprint density at radius 2 is 1.93 bits per heavy atom. The first-order valence-electron chi connectivity index (χ1n) is 10.0. The Balaban J connectivity index is 1.73. The highest BCUT2D eigenvalue weighted by molar-refractivity contribution is 5.92. The quantitative estimate of drug-likeness (QED) is 0.611. The highest BCUT2D eigenvalue weighted by Crippen LogP contribution is 2.14. The molecule has 0 saturated heterocycles. The standard InChI is InChI=1S/C23H28N4O2/c1-4-5-12-27(15-22(28)24-18-11-10-16(2)17(3)13-18)14-21-25-20-9-7-6-8-19(20)23(29)26-21/h6-11,13H,4-5,12,14-15H2,1-3H3,(H,24,28)(H,25,26,29). The minimum atomic E-state index is -0.152. The van der Waals surface area contributed by atoms with E-state index in [4.69, 9.17) is 0 Å². The molecule has 1 aromatic heterocycles. The average molecular weight is 393 g/mol. The molecule has 6 heteroatoms. The van der Waals surface area contributed by atoms with Gasteiger partial charge in [0.25, 0.3) is 5.56 Å². The van der Waals surface area contributed by atoms with Crippen LogP contribution in [0.15, 0.2) is 47.3 Å². The van der Waals surface area contributed by atoms with Gasteiger partial charge in [0, 0.05) is 5.69 Å². The van der Waals surface area contributed by atoms with Gasteiger partial charge in [-0.3, -0.25) is 14.5 Å². The van der Waals surface area contributed by atoms with Crippen molar-refractivity contribution in [3.8, 4) is 0 Å². The Morgan fingerprint density at radius 1 is 1.14 bits per heavy atom. The summed E-state index contributed by atoms with van der Waals surface area (Å²) in [5, 5.41) is 3.54. The predicted molar refractivity (Wildman–Crippen MR) is 117 cm³/mol. The van der Waals surface area contributed by atoms with E-state index in [9.17, 15) is 9.59 Å². The summed E-state index contributed by atoms with van der Waals surface area (Å²) in [6.07, 6.45) is 1.99. The van der Waals surface area contributed by atoms with Crippen molar-refractivity contribution in [1.82, 2.24) is 14.9 Å². The lowest BCUT2D eigenvalue weighted by Crippen LogP contribution is -2.34. The third-order valence-corrected chi connectivity index (χ3v) is 5.02. The molecule has 2 aromatic carbocycles. The van der Waals surface area contributed by atoms with Gasteiger partial charge < -0.3 is 10.3 Å². The zero-order chi connectivity index (χ0) is 20.8. The maximum Gasteiger partial charge on any atom is 0.258 e. The largest absolute Gasteiger partial charge is 0.325 e. The van der Waals surface area contributed by atoms with Crippen molar-refractivity contribution in [2.75, 3.05) is 18.4 Å². The van der Waals surface area contributed by atoms with Crippen molar-refractivity contribution in [3.05, 3.63) is 69.8 Å². The van der Waals surface area contributed by atoms with E-state index in [2.05, 4.69) is 22.2 Å². The molecule has 2 N–H and O–H groups in total. The number of aromatic amines is 1. The van der Waals surface area contributed by atoms with Crippen LogP contribution in [-0.2, 0) is 11.3 Å². The predicted octanol–water partition coefficient (Wildman–Crippen LogP) is 3.78. The van der Waals surface area contributed by atoms with Crippen molar-refractivity contribution in [2.24, 2.45) is 0 Å². The first-order chi connectivity index (χ1) is 14.0. The number of anilines is 1. The molecule has 0 aliphatic rings. The van der Waals surface area contributed by atoms with Crippen LogP contribution in [0.2, 0.25) is 0 Å². The van der Waals surface area contributed by atoms with E-state index < -0.39 is 0 Å². The molecular formula is C23H28N4O2. The van der Waals surface area contributed by atoms with Gasteiger partial charge in [-0.1, -0.05) is 31.5 Å². The molecule has 0 atom stereocenters. The van der Waals surface area contributed by atoms with Crippen LogP contribution in [0.1, 0.15) is 36.7 Å². The van der Waals surface area contributed by atoms with Crippen LogP contribution in [0, 0.1) is 13.8 Å². The van der Waals surface area contributed by atoms with Crippen LogP contribution in [0.4, 0.5) is 5.69 Å². The van der Waals surface area contributed by atoms with Gasteiger partial charge in [-0.05, 0) is 62.2 Å². The van der Waals surface area contributed by atoms with E-state index in [1.165, 1.54) is 5.56 Å². The molecular weight excluding hydrogens is 364 g/mol. The second-order valence-electron chi connectivity index (χ2n) is 7.44. The minimum absolute atomic E-state index is 0.0764. The molecule has 0 saturated carbocycles. The fourth-order valence-corrected chi connectivity index (χ4v) is 3.24. The Kier molecular flexibility index (Phi) is 6.77. The summed E-state index contributed by atoms with van der Waals surface area (Å²) in [4.78, 5) is 34.4. The van der Waals surface area contributed by atoms with Crippen molar-refractivity contribution in [2.45, 2.75) is 40.2 Å². The highest BCUT2D eigenvalue weighted by atomic mass is 16.2. The van der Waals surface area contributed by atoms with Gasteiger partial charge >= 0.3 is 0 Å². The molecule has 0 unspecified atom stereocenters. The maximum absolute atomic E-state index is 12.6. The van der Waals surface area contributed by atoms with Gasteiger partial charge in [-0.15, -0.1) is 0 Å². The van der Waals surface area contributed by atoms with Crippen LogP contribution in [0.25, 0.3) is 10.9 Å². The zero-order valence-corrected chi connectivity index (χ0v) is 17.3. The summed E-state index contributed by atoms with van der Waals surface area (Å²) in [5.41, 5.74) is 3.65. The lowest BCUT2D eigenvalue weighted by molar-refractivity contribution is -0.117. The zero-order valence-electron chi connectivity index (χ0n) is 17.3. The number of hydrogen-bond donors (Lipinski definition) is 2. The van der Waals surface area contributed by atoms with Gasteiger partial charge in [0.05, 0.1) is 24.0 Å². The summed E-state index contributed by atoms with van der Waals surface area (Å²) >= 11 is 0. The molecule has 0 aliphatic carbocycles. The number of carbonyl (C=O) groups is 1. The lowest BCUT2D eigenvalue weighted by atomic mass is 10.1. The molecule has 0 bridgehead atoms. The number of aromatic nitrogens is 2. The Bertz CT molecular complexity index is 1060. The van der Waals surface area contributed by atoms with Crippen LogP contribution in [0.5, 0.6) is 0 Å². The Morgan fingerprint density at radius 3 is 2.69 bits per heavy atom. The molecule has 152 valence electrons. The number of benzene rings is 2. The van der Waals surface area contributed by atoms with Gasteiger partial charge in [-0.25, -0.2) is 4.98 Å². The number of fused-ring (bicyclic) bond motifs is 1. The molecule has 3 aromatic rings. The number of carbonyl (C=O) groups excluding carboxylic acids is 1. The molecule has 1 amide bonds. The summed E-state index contributed by atoms with van der Waals surface area (Å²) in [7, 11) is 0. The average Bonchev–Trinajstić information content (AvgIpc) is 2.69. The van der Waals surface area contributed by atoms with Crippen LogP contribution in [-0.4, -0.2) is 33.9 Å². The molecule has 3 rings (SSSR count). The first kappa shape index (κ1) is 20.7. The SMILES string of the molecule is CCCCN(CC(=O)Nc1ccc(C)c(C)c1)Cc1nc2ccccc2c(=O)[nH]1. The van der Waals surface area contributed by atoms with E-state index in [-0.39, 0.29) is 18.0 Å². The van der Waals surface area contributed by atoms with Crippen molar-refractivity contribution < 1.29 is 4.79 Å². The van der Waals surface area contributed by atoms with E-state index >= 15 is 0 Å². The summed E-state index contributed by atoms with van der Waals surface area (Å²) in [6, 6.07) is 13.2. The summed E-state index contributed by atoms with van der Waals surface area (Å²) < 4.78 is 0. The second kappa shape index (κ2) is 9.47. The van der Waals surface area contributed by atoms with E-state index in [1.54, 1.807) is 6.07 Å². The molecule has 0 radical (unpaired) electrons. The highest BCUT2D eigenvalue weighted by Gasteiger charge is 2.14. The fourth-order valence-electron chi connectivity index (χ4n) is 3.24. The maximum atomic E-state index is 12.6.